The Balaban J connectivity index is 1.68. The number of aromatic amines is 1. The number of benzene rings is 1. The highest BCUT2D eigenvalue weighted by molar-refractivity contribution is 5.28. The van der Waals surface area contributed by atoms with Crippen LogP contribution < -0.4 is 10.2 Å². The molecule has 1 aliphatic heterocycles. The van der Waals surface area contributed by atoms with Gasteiger partial charge in [0.25, 0.3) is 0 Å². The highest BCUT2D eigenvalue weighted by Gasteiger charge is 2.16. The Kier molecular flexibility index (Phi) is 8.32. The molecule has 1 aliphatic rings. The molecule has 1 fully saturated rings. The van der Waals surface area contributed by atoms with E-state index in [1.54, 1.807) is 7.11 Å². The number of nitrogens with one attached hydrogen (secondary N) is 1. The van der Waals surface area contributed by atoms with Gasteiger partial charge in [0.15, 0.2) is 11.3 Å². The van der Waals surface area contributed by atoms with E-state index in [-0.39, 0.29) is 11.5 Å². The van der Waals surface area contributed by atoms with E-state index in [1.807, 2.05) is 0 Å². The Labute approximate surface area is 173 Å². The third-order valence-electron chi connectivity index (χ3n) is 5.41. The number of hydrogen-bond donors (Lipinski definition) is 1. The third-order valence-corrected chi connectivity index (χ3v) is 5.41. The summed E-state index contributed by atoms with van der Waals surface area (Å²) in [6.45, 7) is 3.75. The monoisotopic (exact) mass is 399 g/mol. The van der Waals surface area contributed by atoms with Crippen molar-refractivity contribution < 1.29 is 14.2 Å². The number of aromatic nitrogens is 1. The number of pyridine rings is 1. The van der Waals surface area contributed by atoms with Crippen LogP contribution in [0.25, 0.3) is 0 Å². The van der Waals surface area contributed by atoms with Gasteiger partial charge in [-0.1, -0.05) is 37.6 Å². The molecule has 5 heteroatoms. The second kappa shape index (κ2) is 11.2. The summed E-state index contributed by atoms with van der Waals surface area (Å²) < 4.78 is 16.8. The van der Waals surface area contributed by atoms with Crippen LogP contribution in [0.2, 0.25) is 0 Å². The number of ether oxygens (including phenoxy) is 3. The lowest BCUT2D eigenvalue weighted by atomic mass is 10.0. The summed E-state index contributed by atoms with van der Waals surface area (Å²) in [7, 11) is 1.61. The summed E-state index contributed by atoms with van der Waals surface area (Å²) in [5.74, 6) is 0.511. The first-order valence-corrected chi connectivity index (χ1v) is 10.8. The fraction of sp³-hybridized carbons (Fsp3) is 0.542. The van der Waals surface area contributed by atoms with Crippen molar-refractivity contribution in [3.8, 4) is 5.88 Å². The number of H-pyrrole nitrogens is 1. The van der Waals surface area contributed by atoms with Gasteiger partial charge in [-0.3, -0.25) is 4.79 Å². The molecular weight excluding hydrogens is 366 g/mol. The highest BCUT2D eigenvalue weighted by atomic mass is 16.5. The van der Waals surface area contributed by atoms with Gasteiger partial charge in [-0.25, -0.2) is 0 Å². The summed E-state index contributed by atoms with van der Waals surface area (Å²) >= 11 is 0. The van der Waals surface area contributed by atoms with Crippen LogP contribution in [0.15, 0.2) is 35.1 Å². The van der Waals surface area contributed by atoms with E-state index < -0.39 is 0 Å². The zero-order chi connectivity index (χ0) is 20.5. The lowest BCUT2D eigenvalue weighted by Crippen LogP contribution is -2.26. The normalized spacial score (nSPS) is 16.7. The molecule has 5 nitrogen and oxygen atoms in total. The van der Waals surface area contributed by atoms with Gasteiger partial charge in [-0.2, -0.15) is 0 Å². The third kappa shape index (κ3) is 6.44. The van der Waals surface area contributed by atoms with Crippen molar-refractivity contribution in [2.75, 3.05) is 20.3 Å². The number of methoxy groups -OCH3 is 1. The van der Waals surface area contributed by atoms with Crippen molar-refractivity contribution in [3.05, 3.63) is 62.9 Å². The molecule has 29 heavy (non-hydrogen) atoms. The molecule has 1 aromatic heterocycles. The fourth-order valence-electron chi connectivity index (χ4n) is 3.76. The number of hydrogen-bond acceptors (Lipinski definition) is 4. The van der Waals surface area contributed by atoms with Gasteiger partial charge < -0.3 is 19.2 Å². The molecule has 1 unspecified atom stereocenters. The number of aryl methyl sites for hydroxylation is 3. The summed E-state index contributed by atoms with van der Waals surface area (Å²) in [4.78, 5) is 15.9. The summed E-state index contributed by atoms with van der Waals surface area (Å²) in [5.41, 5.74) is 4.15. The van der Waals surface area contributed by atoms with Crippen molar-refractivity contribution in [2.45, 2.75) is 64.6 Å². The van der Waals surface area contributed by atoms with Crippen LogP contribution in [0.5, 0.6) is 5.88 Å². The first-order chi connectivity index (χ1) is 14.2. The van der Waals surface area contributed by atoms with Gasteiger partial charge >= 0.3 is 0 Å². The molecule has 1 saturated heterocycles. The van der Waals surface area contributed by atoms with Crippen LogP contribution in [0, 0.1) is 0 Å². The van der Waals surface area contributed by atoms with Gasteiger partial charge in [0.05, 0.1) is 12.7 Å². The standard InChI is InChI=1S/C24H33NO4/c1-3-6-18-8-10-19(11-9-18)12-13-22-21(17-27-2)23(26)15-24(25-22)29-16-20-7-4-5-14-28-20/h8-11,15,20H,3-7,12-14,16-17H2,1-2H3,(H,25,26). The Hall–Kier alpha value is -2.11. The van der Waals surface area contributed by atoms with E-state index in [4.69, 9.17) is 14.2 Å². The van der Waals surface area contributed by atoms with E-state index in [1.165, 1.54) is 23.6 Å². The summed E-state index contributed by atoms with van der Waals surface area (Å²) in [6, 6.07) is 10.3. The molecule has 0 saturated carbocycles. The molecule has 1 aromatic carbocycles. The Bertz CT molecular complexity index is 807. The zero-order valence-electron chi connectivity index (χ0n) is 17.7. The van der Waals surface area contributed by atoms with Crippen LogP contribution in [-0.2, 0) is 35.3 Å². The van der Waals surface area contributed by atoms with Crippen LogP contribution in [0.4, 0.5) is 0 Å². The maximum Gasteiger partial charge on any atom is 0.194 e. The molecule has 0 amide bonds. The van der Waals surface area contributed by atoms with Crippen LogP contribution in [-0.4, -0.2) is 31.4 Å². The Morgan fingerprint density at radius 2 is 1.86 bits per heavy atom. The van der Waals surface area contributed by atoms with Gasteiger partial charge in [0, 0.05) is 31.0 Å². The van der Waals surface area contributed by atoms with E-state index in [0.717, 1.165) is 50.8 Å². The maximum absolute atomic E-state index is 12.6. The SMILES string of the molecule is CCCc1ccc(CCc2[nH]c(OCC3CCCCO3)cc(=O)c2COC)cc1. The maximum atomic E-state index is 12.6. The predicted molar refractivity (Wildman–Crippen MR) is 115 cm³/mol. The smallest absolute Gasteiger partial charge is 0.194 e. The fourth-order valence-corrected chi connectivity index (χ4v) is 3.76. The summed E-state index contributed by atoms with van der Waals surface area (Å²) in [5, 5.41) is 0. The minimum absolute atomic E-state index is 0.0431. The van der Waals surface area contributed by atoms with E-state index >= 15 is 0 Å². The average Bonchev–Trinajstić information content (AvgIpc) is 2.75. The lowest BCUT2D eigenvalue weighted by Gasteiger charge is -2.22. The van der Waals surface area contributed by atoms with Crippen molar-refractivity contribution in [2.24, 2.45) is 0 Å². The molecule has 1 N–H and O–H groups in total. The van der Waals surface area contributed by atoms with Crippen molar-refractivity contribution in [1.82, 2.24) is 4.98 Å². The van der Waals surface area contributed by atoms with Crippen LogP contribution in [0.1, 0.15) is 55.0 Å². The quantitative estimate of drug-likeness (QED) is 0.650. The van der Waals surface area contributed by atoms with Gasteiger partial charge in [-0.15, -0.1) is 0 Å². The van der Waals surface area contributed by atoms with E-state index in [2.05, 4.69) is 36.2 Å². The molecule has 2 heterocycles. The topological polar surface area (TPSA) is 60.5 Å². The Morgan fingerprint density at radius 1 is 1.10 bits per heavy atom. The molecule has 0 spiro atoms. The average molecular weight is 400 g/mol. The first-order valence-electron chi connectivity index (χ1n) is 10.8. The van der Waals surface area contributed by atoms with E-state index in [9.17, 15) is 4.79 Å². The number of rotatable bonds is 10. The second-order valence-corrected chi connectivity index (χ2v) is 7.75. The lowest BCUT2D eigenvalue weighted by molar-refractivity contribution is -0.0120. The molecule has 2 aromatic rings. The predicted octanol–water partition coefficient (Wildman–Crippen LogP) is 4.21. The highest BCUT2D eigenvalue weighted by Crippen LogP contribution is 2.17. The Morgan fingerprint density at radius 3 is 2.52 bits per heavy atom. The van der Waals surface area contributed by atoms with Crippen LogP contribution >= 0.6 is 0 Å². The molecule has 3 rings (SSSR count). The summed E-state index contributed by atoms with van der Waals surface area (Å²) in [6.07, 6.45) is 7.24. The van der Waals surface area contributed by atoms with Gasteiger partial charge in [0.2, 0.25) is 0 Å². The minimum atomic E-state index is -0.0431. The largest absolute Gasteiger partial charge is 0.476 e. The molecule has 0 radical (unpaired) electrons. The van der Waals surface area contributed by atoms with E-state index in [0.29, 0.717) is 24.7 Å². The second-order valence-electron chi connectivity index (χ2n) is 7.75. The molecular formula is C24H33NO4. The zero-order valence-corrected chi connectivity index (χ0v) is 17.7. The molecule has 0 bridgehead atoms. The van der Waals surface area contributed by atoms with Crippen molar-refractivity contribution in [1.29, 1.82) is 0 Å². The molecule has 158 valence electrons. The molecule has 1 atom stereocenters. The first kappa shape index (κ1) is 21.6. The molecule has 0 aliphatic carbocycles. The van der Waals surface area contributed by atoms with Crippen molar-refractivity contribution >= 4 is 0 Å². The minimum Gasteiger partial charge on any atom is -0.476 e. The van der Waals surface area contributed by atoms with Crippen molar-refractivity contribution in [3.63, 3.8) is 0 Å². The van der Waals surface area contributed by atoms with Crippen LogP contribution in [0.3, 0.4) is 0 Å². The van der Waals surface area contributed by atoms with Gasteiger partial charge in [0.1, 0.15) is 6.61 Å². The van der Waals surface area contributed by atoms with Gasteiger partial charge in [-0.05, 0) is 49.7 Å².